The molecule has 3 N–H and O–H groups in total. The van der Waals surface area contributed by atoms with Crippen molar-refractivity contribution in [1.29, 1.82) is 0 Å². The summed E-state index contributed by atoms with van der Waals surface area (Å²) in [5.41, 5.74) is 6.19. The monoisotopic (exact) mass is 420 g/mol. The van der Waals surface area contributed by atoms with Crippen molar-refractivity contribution in [2.75, 3.05) is 0 Å². The van der Waals surface area contributed by atoms with E-state index in [0.717, 1.165) is 5.56 Å². The van der Waals surface area contributed by atoms with Crippen LogP contribution in [0.1, 0.15) is 28.4 Å². The minimum Gasteiger partial charge on any atom is -0.449 e. The fourth-order valence-corrected chi connectivity index (χ4v) is 3.55. The summed E-state index contributed by atoms with van der Waals surface area (Å²) in [6.07, 6.45) is -1.25. The summed E-state index contributed by atoms with van der Waals surface area (Å²) < 4.78 is 35.1. The predicted molar refractivity (Wildman–Crippen MR) is 103 cm³/mol. The van der Waals surface area contributed by atoms with Crippen molar-refractivity contribution in [3.63, 3.8) is 0 Å². The molecule has 1 unspecified atom stereocenters. The van der Waals surface area contributed by atoms with E-state index in [1.807, 2.05) is 0 Å². The maximum atomic E-state index is 12.5. The molecule has 0 aliphatic rings. The zero-order valence-electron chi connectivity index (χ0n) is 16.0. The number of urea groups is 1. The van der Waals surface area contributed by atoms with Crippen LogP contribution in [0.25, 0.3) is 0 Å². The number of esters is 1. The third-order valence-corrected chi connectivity index (χ3v) is 5.20. The predicted octanol–water partition coefficient (Wildman–Crippen LogP) is 1.81. The molecule has 154 valence electrons. The third-order valence-electron chi connectivity index (χ3n) is 3.81. The topological polar surface area (TPSA) is 142 Å². The highest BCUT2D eigenvalue weighted by atomic mass is 32.2. The first-order valence-corrected chi connectivity index (χ1v) is 9.83. The lowest BCUT2D eigenvalue weighted by Gasteiger charge is -2.13. The largest absolute Gasteiger partial charge is 0.449 e. The molecule has 0 aliphatic carbocycles. The normalized spacial score (nSPS) is 12.0. The summed E-state index contributed by atoms with van der Waals surface area (Å²) in [5.74, 6) is -1.71. The van der Waals surface area contributed by atoms with Gasteiger partial charge in [-0.05, 0) is 62.2 Å². The van der Waals surface area contributed by atoms with Gasteiger partial charge in [-0.3, -0.25) is 10.1 Å². The first kappa shape index (κ1) is 21.9. The average Bonchev–Trinajstić information content (AvgIpc) is 2.63. The van der Waals surface area contributed by atoms with E-state index in [1.54, 1.807) is 31.3 Å². The quantitative estimate of drug-likeness (QED) is 0.536. The fourth-order valence-electron chi connectivity index (χ4n) is 2.30. The number of nitrogens with one attached hydrogen (secondary N) is 1. The smallest absolute Gasteiger partial charge is 0.339 e. The number of carbonyl (C=O) groups excluding carboxylic acids is 3. The molecule has 9 nitrogen and oxygen atoms in total. The molecule has 1 atom stereocenters. The van der Waals surface area contributed by atoms with Crippen LogP contribution in [0.3, 0.4) is 0 Å². The summed E-state index contributed by atoms with van der Waals surface area (Å²) >= 11 is 0. The molecule has 0 aliphatic heterocycles. The van der Waals surface area contributed by atoms with Crippen LogP contribution in [-0.2, 0) is 19.6 Å². The lowest BCUT2D eigenvalue weighted by atomic mass is 10.2. The molecule has 0 spiro atoms. The number of aryl methyl sites for hydroxylation is 2. The van der Waals surface area contributed by atoms with Crippen molar-refractivity contribution < 1.29 is 31.7 Å². The average molecular weight is 420 g/mol. The second-order valence-corrected chi connectivity index (χ2v) is 7.75. The second kappa shape index (κ2) is 8.74. The number of rotatable bonds is 6. The lowest BCUT2D eigenvalue weighted by molar-refractivity contribution is -0.127. The highest BCUT2D eigenvalue weighted by Crippen LogP contribution is 2.23. The van der Waals surface area contributed by atoms with Crippen molar-refractivity contribution in [2.45, 2.75) is 31.8 Å². The summed E-state index contributed by atoms with van der Waals surface area (Å²) in [7, 11) is -4.05. The summed E-state index contributed by atoms with van der Waals surface area (Å²) in [6.45, 7) is 4.69. The van der Waals surface area contributed by atoms with Crippen LogP contribution >= 0.6 is 0 Å². The Morgan fingerprint density at radius 3 is 2.24 bits per heavy atom. The van der Waals surface area contributed by atoms with E-state index in [9.17, 15) is 22.8 Å². The third kappa shape index (κ3) is 5.79. The van der Waals surface area contributed by atoms with Gasteiger partial charge in [0.1, 0.15) is 10.6 Å². The Morgan fingerprint density at radius 2 is 1.66 bits per heavy atom. The van der Waals surface area contributed by atoms with Gasteiger partial charge >= 0.3 is 22.1 Å². The van der Waals surface area contributed by atoms with Gasteiger partial charge in [-0.1, -0.05) is 12.1 Å². The van der Waals surface area contributed by atoms with E-state index in [-0.39, 0.29) is 16.2 Å². The summed E-state index contributed by atoms with van der Waals surface area (Å²) in [6, 6.07) is 9.06. The Balaban J connectivity index is 2.10. The molecule has 0 heterocycles. The maximum absolute atomic E-state index is 12.5. The van der Waals surface area contributed by atoms with Gasteiger partial charge in [0, 0.05) is 0 Å². The van der Waals surface area contributed by atoms with Crippen molar-refractivity contribution in [1.82, 2.24) is 5.32 Å². The fraction of sp³-hybridized carbons (Fsp3) is 0.211. The summed E-state index contributed by atoms with van der Waals surface area (Å²) in [4.78, 5) is 34.3. The Morgan fingerprint density at radius 1 is 1.03 bits per heavy atom. The van der Waals surface area contributed by atoms with Crippen molar-refractivity contribution in [3.05, 3.63) is 59.2 Å². The van der Waals surface area contributed by atoms with Gasteiger partial charge in [-0.2, -0.15) is 8.42 Å². The standard InChI is InChI=1S/C19H20N2O7S/c1-11-4-5-12(2)16(10-11)29(25,26)28-15-8-6-14(7-9-15)18(23)27-13(3)17(22)21-19(20)24/h4-10,13H,1-3H3,(H3,20,21,22,24). The molecule has 29 heavy (non-hydrogen) atoms. The molecule has 3 amide bonds. The minimum atomic E-state index is -4.05. The molecule has 2 aromatic carbocycles. The number of carbonyl (C=O) groups is 3. The van der Waals surface area contributed by atoms with E-state index >= 15 is 0 Å². The molecule has 0 fully saturated rings. The van der Waals surface area contributed by atoms with Crippen LogP contribution in [-0.4, -0.2) is 32.4 Å². The minimum absolute atomic E-state index is 0.00183. The molecule has 10 heteroatoms. The number of benzene rings is 2. The van der Waals surface area contributed by atoms with E-state index in [2.05, 4.69) is 0 Å². The van der Waals surface area contributed by atoms with E-state index in [0.29, 0.717) is 5.56 Å². The Kier molecular flexibility index (Phi) is 6.60. The Hall–Kier alpha value is -3.40. The van der Waals surface area contributed by atoms with Crippen LogP contribution in [0.5, 0.6) is 5.75 Å². The van der Waals surface area contributed by atoms with Gasteiger partial charge in [-0.15, -0.1) is 0 Å². The van der Waals surface area contributed by atoms with Crippen molar-refractivity contribution in [3.8, 4) is 5.75 Å². The number of hydrogen-bond donors (Lipinski definition) is 2. The van der Waals surface area contributed by atoms with Crippen LogP contribution in [0.15, 0.2) is 47.4 Å². The van der Waals surface area contributed by atoms with Crippen LogP contribution in [0.2, 0.25) is 0 Å². The number of imide groups is 1. The van der Waals surface area contributed by atoms with Gasteiger partial charge in [0.05, 0.1) is 5.56 Å². The number of nitrogens with two attached hydrogens (primary N) is 1. The molecule has 0 bridgehead atoms. The van der Waals surface area contributed by atoms with Crippen LogP contribution in [0.4, 0.5) is 4.79 Å². The number of amides is 3. The molecular weight excluding hydrogens is 400 g/mol. The first-order valence-electron chi connectivity index (χ1n) is 8.42. The van der Waals surface area contributed by atoms with Crippen molar-refractivity contribution in [2.24, 2.45) is 5.73 Å². The van der Waals surface area contributed by atoms with E-state index < -0.39 is 34.1 Å². The molecule has 0 aromatic heterocycles. The van der Waals surface area contributed by atoms with Gasteiger partial charge in [0.2, 0.25) is 0 Å². The molecule has 2 rings (SSSR count). The zero-order chi connectivity index (χ0) is 21.8. The maximum Gasteiger partial charge on any atom is 0.339 e. The Labute approximate surface area is 167 Å². The van der Waals surface area contributed by atoms with E-state index in [1.165, 1.54) is 37.3 Å². The highest BCUT2D eigenvalue weighted by molar-refractivity contribution is 7.87. The highest BCUT2D eigenvalue weighted by Gasteiger charge is 2.22. The van der Waals surface area contributed by atoms with E-state index in [4.69, 9.17) is 14.7 Å². The number of hydrogen-bond acceptors (Lipinski definition) is 7. The van der Waals surface area contributed by atoms with Crippen LogP contribution < -0.4 is 15.2 Å². The molecule has 2 aromatic rings. The lowest BCUT2D eigenvalue weighted by Crippen LogP contribution is -2.42. The van der Waals surface area contributed by atoms with Gasteiger partial charge in [0.15, 0.2) is 6.10 Å². The molecule has 0 saturated heterocycles. The SMILES string of the molecule is Cc1ccc(C)c(S(=O)(=O)Oc2ccc(C(=O)OC(C)C(=O)NC(N)=O)cc2)c1. The number of primary amides is 1. The second-order valence-electron chi connectivity index (χ2n) is 6.23. The molecule has 0 radical (unpaired) electrons. The van der Waals surface area contributed by atoms with Gasteiger partial charge < -0.3 is 14.7 Å². The van der Waals surface area contributed by atoms with Gasteiger partial charge in [-0.25, -0.2) is 9.59 Å². The van der Waals surface area contributed by atoms with Crippen molar-refractivity contribution >= 4 is 28.0 Å². The first-order chi connectivity index (χ1) is 13.5. The molecule has 0 saturated carbocycles. The van der Waals surface area contributed by atoms with Gasteiger partial charge in [0.25, 0.3) is 5.91 Å². The molecular formula is C19H20N2O7S. The summed E-state index contributed by atoms with van der Waals surface area (Å²) in [5, 5.41) is 1.79. The Bertz CT molecular complexity index is 1050. The van der Waals surface area contributed by atoms with Crippen LogP contribution in [0, 0.1) is 13.8 Å². The number of ether oxygens (including phenoxy) is 1. The zero-order valence-corrected chi connectivity index (χ0v) is 16.8.